The van der Waals surface area contributed by atoms with Crippen molar-refractivity contribution < 1.29 is 9.90 Å². The zero-order chi connectivity index (χ0) is 21.1. The fraction of sp³-hybridized carbons (Fsp3) is 0.318. The van der Waals surface area contributed by atoms with Crippen LogP contribution in [-0.2, 0) is 4.79 Å². The van der Waals surface area contributed by atoms with Crippen molar-refractivity contribution in [1.82, 2.24) is 9.88 Å². The first kappa shape index (κ1) is 22.9. The Morgan fingerprint density at radius 1 is 1.25 bits per heavy atom. The van der Waals surface area contributed by atoms with Crippen molar-refractivity contribution in [2.45, 2.75) is 33.6 Å². The molecule has 1 saturated heterocycles. The number of nitrogens with two attached hydrogens (primary N) is 2. The molecule has 2 aromatic rings. The molecule has 1 aliphatic heterocycles. The lowest BCUT2D eigenvalue weighted by Gasteiger charge is -2.10. The maximum Gasteiger partial charge on any atom is 0.245 e. The van der Waals surface area contributed by atoms with Crippen LogP contribution in [0.3, 0.4) is 0 Å². The smallest absolute Gasteiger partial charge is 0.245 e. The summed E-state index contributed by atoms with van der Waals surface area (Å²) in [5.74, 6) is 0.807. The second-order valence-electron chi connectivity index (χ2n) is 6.15. The van der Waals surface area contributed by atoms with E-state index in [1.165, 1.54) is 6.08 Å². The summed E-state index contributed by atoms with van der Waals surface area (Å²) in [5, 5.41) is 9.69. The highest BCUT2D eigenvalue weighted by atomic mass is 16.3. The van der Waals surface area contributed by atoms with Crippen molar-refractivity contribution in [3.63, 3.8) is 0 Å². The highest BCUT2D eigenvalue weighted by Gasteiger charge is 2.14. The molecule has 0 saturated carbocycles. The first-order chi connectivity index (χ1) is 13.4. The topological polar surface area (TPSA) is 108 Å². The van der Waals surface area contributed by atoms with Crippen molar-refractivity contribution in [2.75, 3.05) is 18.8 Å². The number of anilines is 1. The van der Waals surface area contributed by atoms with E-state index in [2.05, 4.69) is 11.6 Å². The molecule has 0 unspecified atom stereocenters. The largest absolute Gasteiger partial charge is 0.507 e. The minimum atomic E-state index is 0.0764. The Hall–Kier alpha value is -3.15. The average molecular weight is 385 g/mol. The number of hydrogen-bond donors (Lipinski definition) is 4. The fourth-order valence-electron chi connectivity index (χ4n) is 2.76. The second kappa shape index (κ2) is 11.5. The molecule has 1 aromatic carbocycles. The Labute approximate surface area is 167 Å². The molecule has 0 radical (unpaired) electrons. The summed E-state index contributed by atoms with van der Waals surface area (Å²) in [4.78, 5) is 15.6. The monoisotopic (exact) mass is 384 g/mol. The fourth-order valence-corrected chi connectivity index (χ4v) is 2.76. The van der Waals surface area contributed by atoms with Gasteiger partial charge in [0.2, 0.25) is 5.91 Å². The number of nitrogen functional groups attached to an aromatic ring is 1. The number of aromatic amines is 1. The molecule has 0 aliphatic carbocycles. The van der Waals surface area contributed by atoms with Gasteiger partial charge in [-0.3, -0.25) is 4.79 Å². The van der Waals surface area contributed by atoms with E-state index < -0.39 is 0 Å². The van der Waals surface area contributed by atoms with Crippen LogP contribution in [0.25, 0.3) is 11.8 Å². The number of aryl methyl sites for hydroxylation is 1. The average Bonchev–Trinajstić information content (AvgIpc) is 3.36. The molecule has 1 aliphatic rings. The summed E-state index contributed by atoms with van der Waals surface area (Å²) in [6, 6.07) is 6.94. The number of aromatic hydroxyl groups is 1. The van der Waals surface area contributed by atoms with E-state index in [1.54, 1.807) is 24.3 Å². The molecule has 0 bridgehead atoms. The molecule has 6 N–H and O–H groups in total. The zero-order valence-corrected chi connectivity index (χ0v) is 17.0. The van der Waals surface area contributed by atoms with Gasteiger partial charge in [-0.05, 0) is 49.6 Å². The van der Waals surface area contributed by atoms with E-state index in [1.807, 2.05) is 37.9 Å². The van der Waals surface area contributed by atoms with Gasteiger partial charge in [-0.1, -0.05) is 32.6 Å². The second-order valence-corrected chi connectivity index (χ2v) is 6.15. The minimum Gasteiger partial charge on any atom is -0.507 e. The highest BCUT2D eigenvalue weighted by Crippen LogP contribution is 2.25. The van der Waals surface area contributed by atoms with E-state index in [4.69, 9.17) is 11.5 Å². The van der Waals surface area contributed by atoms with Crippen LogP contribution < -0.4 is 11.5 Å². The van der Waals surface area contributed by atoms with Gasteiger partial charge in [0.15, 0.2) is 0 Å². The van der Waals surface area contributed by atoms with Crippen LogP contribution in [0.4, 0.5) is 5.82 Å². The number of phenolic OH excluding ortho intramolecular Hbond substituents is 1. The van der Waals surface area contributed by atoms with Gasteiger partial charge in [-0.25, -0.2) is 0 Å². The molecule has 0 spiro atoms. The lowest BCUT2D eigenvalue weighted by atomic mass is 10.1. The number of nitrogens with zero attached hydrogens (tertiary/aromatic N) is 1. The number of H-pyrrole nitrogens is 1. The van der Waals surface area contributed by atoms with Crippen LogP contribution in [0.1, 0.15) is 43.4 Å². The molecule has 6 heteroatoms. The summed E-state index contributed by atoms with van der Waals surface area (Å²) in [6.45, 7) is 11.2. The Bertz CT molecular complexity index is 783. The van der Waals surface area contributed by atoms with Crippen LogP contribution in [0.2, 0.25) is 0 Å². The Morgan fingerprint density at radius 3 is 2.36 bits per heavy atom. The molecule has 3 rings (SSSR count). The minimum absolute atomic E-state index is 0.0764. The summed E-state index contributed by atoms with van der Waals surface area (Å²) in [5.41, 5.74) is 14.7. The molecule has 28 heavy (non-hydrogen) atoms. The van der Waals surface area contributed by atoms with Gasteiger partial charge in [-0.15, -0.1) is 0 Å². The van der Waals surface area contributed by atoms with E-state index in [9.17, 15) is 9.90 Å². The van der Waals surface area contributed by atoms with Gasteiger partial charge in [0, 0.05) is 36.1 Å². The van der Waals surface area contributed by atoms with E-state index in [0.29, 0.717) is 17.1 Å². The number of benzene rings is 1. The summed E-state index contributed by atoms with van der Waals surface area (Å²) < 4.78 is 0. The lowest BCUT2D eigenvalue weighted by molar-refractivity contribution is -0.124. The van der Waals surface area contributed by atoms with E-state index in [0.717, 1.165) is 37.1 Å². The summed E-state index contributed by atoms with van der Waals surface area (Å²) in [6.07, 6.45) is 7.26. The molecule has 1 amide bonds. The van der Waals surface area contributed by atoms with Crippen molar-refractivity contribution in [3.8, 4) is 5.75 Å². The van der Waals surface area contributed by atoms with Gasteiger partial charge in [0.05, 0.1) is 0 Å². The number of aromatic nitrogens is 1. The Morgan fingerprint density at radius 2 is 1.86 bits per heavy atom. The van der Waals surface area contributed by atoms with Gasteiger partial charge in [-0.2, -0.15) is 0 Å². The molecule has 2 heterocycles. The SMILES string of the molecule is C=CC(=O)N1CCCC1.CC.Cc1c[nH]c(N)c1/C=C(\N)c1ccccc1O. The molecule has 0 atom stereocenters. The zero-order valence-electron chi connectivity index (χ0n) is 17.0. The number of carbonyl (C=O) groups excluding carboxylic acids is 1. The molecule has 152 valence electrons. The number of hydrogen-bond acceptors (Lipinski definition) is 4. The predicted octanol–water partition coefficient (Wildman–Crippen LogP) is 3.89. The number of para-hydroxylation sites is 1. The number of likely N-dealkylation sites (tertiary alicyclic amines) is 1. The van der Waals surface area contributed by atoms with Crippen molar-refractivity contribution in [1.29, 1.82) is 0 Å². The van der Waals surface area contributed by atoms with Gasteiger partial charge in [0.1, 0.15) is 11.6 Å². The first-order valence-corrected chi connectivity index (χ1v) is 9.54. The third kappa shape index (κ3) is 6.23. The normalized spacial score (nSPS) is 13.1. The molecule has 1 aromatic heterocycles. The number of carbonyl (C=O) groups is 1. The third-order valence-corrected chi connectivity index (χ3v) is 4.27. The van der Waals surface area contributed by atoms with E-state index in [-0.39, 0.29) is 11.7 Å². The quantitative estimate of drug-likeness (QED) is 0.602. The van der Waals surface area contributed by atoms with Crippen molar-refractivity contribution >= 4 is 23.5 Å². The third-order valence-electron chi connectivity index (χ3n) is 4.27. The number of amides is 1. The lowest BCUT2D eigenvalue weighted by Crippen LogP contribution is -2.25. The van der Waals surface area contributed by atoms with Crippen LogP contribution >= 0.6 is 0 Å². The van der Waals surface area contributed by atoms with Crippen molar-refractivity contribution in [3.05, 3.63) is 59.8 Å². The van der Waals surface area contributed by atoms with Crippen LogP contribution in [-0.4, -0.2) is 34.0 Å². The van der Waals surface area contributed by atoms with Crippen LogP contribution in [0.15, 0.2) is 43.1 Å². The maximum absolute atomic E-state index is 10.8. The van der Waals surface area contributed by atoms with Gasteiger partial charge in [0.25, 0.3) is 0 Å². The maximum atomic E-state index is 10.8. The summed E-state index contributed by atoms with van der Waals surface area (Å²) in [7, 11) is 0. The molecular weight excluding hydrogens is 352 g/mol. The summed E-state index contributed by atoms with van der Waals surface area (Å²) >= 11 is 0. The predicted molar refractivity (Wildman–Crippen MR) is 117 cm³/mol. The van der Waals surface area contributed by atoms with Crippen LogP contribution in [0, 0.1) is 6.92 Å². The van der Waals surface area contributed by atoms with Gasteiger partial charge >= 0.3 is 0 Å². The van der Waals surface area contributed by atoms with E-state index >= 15 is 0 Å². The number of nitrogens with one attached hydrogen (secondary N) is 1. The Kier molecular flexibility index (Phi) is 9.43. The molecule has 6 nitrogen and oxygen atoms in total. The first-order valence-electron chi connectivity index (χ1n) is 9.54. The standard InChI is InChI=1S/C13H15N3O.C7H11NO.C2H6/c1-8-7-16-13(15)10(8)6-11(14)9-4-2-3-5-12(9)17;1-2-7(9)8-5-3-4-6-8;1-2/h2-7,16-17H,14-15H2,1H3;2H,1,3-6H2;1-2H3/b11-6-;;. The number of rotatable bonds is 3. The van der Waals surface area contributed by atoms with Crippen molar-refractivity contribution in [2.24, 2.45) is 5.73 Å². The number of phenols is 1. The van der Waals surface area contributed by atoms with Gasteiger partial charge < -0.3 is 26.5 Å². The van der Waals surface area contributed by atoms with Crippen LogP contribution in [0.5, 0.6) is 5.75 Å². The highest BCUT2D eigenvalue weighted by molar-refractivity contribution is 5.87. The Balaban J connectivity index is 0.000000301. The molecule has 1 fully saturated rings. The molecular formula is C22H32N4O2.